The molecule has 0 radical (unpaired) electrons. The second kappa shape index (κ2) is 6.34. The van der Waals surface area contributed by atoms with E-state index in [9.17, 15) is 18.0 Å². The van der Waals surface area contributed by atoms with Crippen molar-refractivity contribution in [1.29, 1.82) is 0 Å². The van der Waals surface area contributed by atoms with E-state index in [1.54, 1.807) is 25.1 Å². The second-order valence-electron chi connectivity index (χ2n) is 5.28. The highest BCUT2D eigenvalue weighted by molar-refractivity contribution is 6.04. The molecule has 128 valence electrons. The van der Waals surface area contributed by atoms with Crippen molar-refractivity contribution in [2.24, 2.45) is 0 Å². The van der Waals surface area contributed by atoms with Crippen LogP contribution in [0.4, 0.5) is 18.9 Å². The number of anilines is 1. The van der Waals surface area contributed by atoms with E-state index in [-0.39, 0.29) is 5.56 Å². The summed E-state index contributed by atoms with van der Waals surface area (Å²) in [6.45, 7) is 1.80. The largest absolute Gasteiger partial charge is 0.416 e. The number of alkyl halides is 3. The molecule has 25 heavy (non-hydrogen) atoms. The number of carbonyl (C=O) groups excluding carboxylic acids is 1. The van der Waals surface area contributed by atoms with Crippen molar-refractivity contribution < 1.29 is 18.0 Å². The first-order valence-electron chi connectivity index (χ1n) is 7.17. The van der Waals surface area contributed by atoms with Gasteiger partial charge in [-0.2, -0.15) is 13.2 Å². The number of hydrogen-bond acceptors (Lipinski definition) is 4. The summed E-state index contributed by atoms with van der Waals surface area (Å²) in [5.74, 6) is -0.509. The minimum atomic E-state index is -4.44. The van der Waals surface area contributed by atoms with Crippen LogP contribution < -0.4 is 5.32 Å². The van der Waals surface area contributed by atoms with E-state index >= 15 is 0 Å². The van der Waals surface area contributed by atoms with E-state index in [2.05, 4.69) is 20.8 Å². The lowest BCUT2D eigenvalue weighted by molar-refractivity contribution is -0.137. The summed E-state index contributed by atoms with van der Waals surface area (Å²) in [5.41, 5.74) is 1.26. The summed E-state index contributed by atoms with van der Waals surface area (Å²) in [5, 5.41) is 13.5. The Hall–Kier alpha value is -3.23. The molecule has 3 aromatic rings. The SMILES string of the molecule is Cc1ccc(-n2cnnn2)cc1NC(=O)c1ccc(C(F)(F)F)cc1. The first-order chi connectivity index (χ1) is 11.8. The molecule has 0 unspecified atom stereocenters. The molecule has 3 rings (SSSR count). The fourth-order valence-corrected chi connectivity index (χ4v) is 2.17. The number of amides is 1. The zero-order valence-electron chi connectivity index (χ0n) is 12.9. The molecule has 2 aromatic carbocycles. The third-order valence-corrected chi connectivity index (χ3v) is 3.56. The van der Waals surface area contributed by atoms with Crippen LogP contribution in [-0.4, -0.2) is 26.1 Å². The number of aryl methyl sites for hydroxylation is 1. The fraction of sp³-hybridized carbons (Fsp3) is 0.125. The molecule has 0 aliphatic heterocycles. The molecule has 1 heterocycles. The van der Waals surface area contributed by atoms with Crippen molar-refractivity contribution in [1.82, 2.24) is 20.2 Å². The van der Waals surface area contributed by atoms with Gasteiger partial charge in [0.2, 0.25) is 0 Å². The van der Waals surface area contributed by atoms with Crippen molar-refractivity contribution in [3.8, 4) is 5.69 Å². The Morgan fingerprint density at radius 3 is 2.44 bits per heavy atom. The Labute approximate surface area is 140 Å². The monoisotopic (exact) mass is 347 g/mol. The van der Waals surface area contributed by atoms with Gasteiger partial charge in [-0.05, 0) is 59.3 Å². The molecular weight excluding hydrogens is 335 g/mol. The second-order valence-corrected chi connectivity index (χ2v) is 5.28. The van der Waals surface area contributed by atoms with E-state index in [1.807, 2.05) is 0 Å². The number of nitrogens with one attached hydrogen (secondary N) is 1. The van der Waals surface area contributed by atoms with Crippen LogP contribution in [0.1, 0.15) is 21.5 Å². The maximum Gasteiger partial charge on any atom is 0.416 e. The molecule has 1 N–H and O–H groups in total. The zero-order chi connectivity index (χ0) is 18.0. The third-order valence-electron chi connectivity index (χ3n) is 3.56. The molecule has 0 bridgehead atoms. The Balaban J connectivity index is 1.82. The summed E-state index contributed by atoms with van der Waals surface area (Å²) >= 11 is 0. The standard InChI is InChI=1S/C16H12F3N5O/c1-10-2-7-13(24-9-20-22-23-24)8-14(10)21-15(25)11-3-5-12(6-4-11)16(17,18)19/h2-9H,1H3,(H,21,25). The van der Waals surface area contributed by atoms with Gasteiger partial charge in [-0.1, -0.05) is 6.07 Å². The fourth-order valence-electron chi connectivity index (χ4n) is 2.17. The lowest BCUT2D eigenvalue weighted by Crippen LogP contribution is -2.14. The van der Waals surface area contributed by atoms with Crippen LogP contribution in [0.3, 0.4) is 0 Å². The quantitative estimate of drug-likeness (QED) is 0.789. The van der Waals surface area contributed by atoms with Gasteiger partial charge >= 0.3 is 6.18 Å². The highest BCUT2D eigenvalue weighted by atomic mass is 19.4. The molecule has 0 fully saturated rings. The average Bonchev–Trinajstić information content (AvgIpc) is 3.10. The predicted octanol–water partition coefficient (Wildman–Crippen LogP) is 3.24. The molecule has 0 aliphatic rings. The Kier molecular flexibility index (Phi) is 4.22. The van der Waals surface area contributed by atoms with Crippen LogP contribution in [0.15, 0.2) is 48.8 Å². The van der Waals surface area contributed by atoms with Gasteiger partial charge in [0.25, 0.3) is 5.91 Å². The van der Waals surface area contributed by atoms with E-state index in [0.717, 1.165) is 29.8 Å². The maximum absolute atomic E-state index is 12.6. The van der Waals surface area contributed by atoms with Crippen molar-refractivity contribution >= 4 is 11.6 Å². The Morgan fingerprint density at radius 2 is 1.84 bits per heavy atom. The average molecular weight is 347 g/mol. The summed E-state index contributed by atoms with van der Waals surface area (Å²) in [6.07, 6.45) is -3.03. The van der Waals surface area contributed by atoms with Crippen molar-refractivity contribution in [3.05, 3.63) is 65.5 Å². The van der Waals surface area contributed by atoms with Crippen LogP contribution in [-0.2, 0) is 6.18 Å². The van der Waals surface area contributed by atoms with Gasteiger partial charge in [-0.15, -0.1) is 5.10 Å². The van der Waals surface area contributed by atoms with Gasteiger partial charge < -0.3 is 5.32 Å². The minimum absolute atomic E-state index is 0.125. The number of carbonyl (C=O) groups is 1. The first-order valence-corrected chi connectivity index (χ1v) is 7.17. The number of aromatic nitrogens is 4. The smallest absolute Gasteiger partial charge is 0.322 e. The van der Waals surface area contributed by atoms with Crippen LogP contribution in [0.5, 0.6) is 0 Å². The number of tetrazole rings is 1. The number of hydrogen-bond donors (Lipinski definition) is 1. The number of halogens is 3. The molecule has 0 spiro atoms. The third kappa shape index (κ3) is 3.65. The van der Waals surface area contributed by atoms with Crippen molar-refractivity contribution in [3.63, 3.8) is 0 Å². The Morgan fingerprint density at radius 1 is 1.12 bits per heavy atom. The minimum Gasteiger partial charge on any atom is -0.322 e. The zero-order valence-corrected chi connectivity index (χ0v) is 12.9. The topological polar surface area (TPSA) is 72.7 Å². The van der Waals surface area contributed by atoms with E-state index in [4.69, 9.17) is 0 Å². The van der Waals surface area contributed by atoms with Crippen LogP contribution in [0.2, 0.25) is 0 Å². The summed E-state index contributed by atoms with van der Waals surface area (Å²) in [6, 6.07) is 9.25. The lowest BCUT2D eigenvalue weighted by atomic mass is 10.1. The number of benzene rings is 2. The first kappa shape index (κ1) is 16.6. The van der Waals surface area contributed by atoms with Crippen molar-refractivity contribution in [2.75, 3.05) is 5.32 Å². The lowest BCUT2D eigenvalue weighted by Gasteiger charge is -2.11. The highest BCUT2D eigenvalue weighted by Crippen LogP contribution is 2.29. The molecule has 0 saturated carbocycles. The molecule has 6 nitrogen and oxygen atoms in total. The molecule has 9 heteroatoms. The highest BCUT2D eigenvalue weighted by Gasteiger charge is 2.30. The molecule has 1 aromatic heterocycles. The summed E-state index contributed by atoms with van der Waals surface area (Å²) in [7, 11) is 0. The van der Waals surface area contributed by atoms with Gasteiger partial charge in [0, 0.05) is 11.3 Å². The van der Waals surface area contributed by atoms with Gasteiger partial charge in [-0.25, -0.2) is 4.68 Å². The van der Waals surface area contributed by atoms with E-state index < -0.39 is 17.6 Å². The normalized spacial score (nSPS) is 11.4. The van der Waals surface area contributed by atoms with Crippen LogP contribution in [0.25, 0.3) is 5.69 Å². The molecule has 1 amide bonds. The Bertz CT molecular complexity index is 889. The van der Waals surface area contributed by atoms with Crippen LogP contribution in [0, 0.1) is 6.92 Å². The van der Waals surface area contributed by atoms with Gasteiger partial charge in [0.1, 0.15) is 6.33 Å². The molecule has 0 aliphatic carbocycles. The van der Waals surface area contributed by atoms with Gasteiger partial charge in [0.15, 0.2) is 0 Å². The maximum atomic E-state index is 12.6. The van der Waals surface area contributed by atoms with Gasteiger partial charge in [0.05, 0.1) is 11.3 Å². The van der Waals surface area contributed by atoms with Crippen molar-refractivity contribution in [2.45, 2.75) is 13.1 Å². The molecular formula is C16H12F3N5O. The molecule has 0 saturated heterocycles. The number of rotatable bonds is 3. The van der Waals surface area contributed by atoms with E-state index in [1.165, 1.54) is 11.0 Å². The van der Waals surface area contributed by atoms with Crippen LogP contribution >= 0.6 is 0 Å². The van der Waals surface area contributed by atoms with E-state index in [0.29, 0.717) is 11.4 Å². The van der Waals surface area contributed by atoms with Gasteiger partial charge in [-0.3, -0.25) is 4.79 Å². The predicted molar refractivity (Wildman–Crippen MR) is 83.3 cm³/mol. The summed E-state index contributed by atoms with van der Waals surface area (Å²) < 4.78 is 39.2. The number of nitrogens with zero attached hydrogens (tertiary/aromatic N) is 4. The molecule has 0 atom stereocenters. The summed E-state index contributed by atoms with van der Waals surface area (Å²) in [4.78, 5) is 12.3.